The average molecular weight is 303 g/mol. The number of hydrogen-bond donors (Lipinski definition) is 0. The number of methoxy groups -OCH3 is 2. The molecule has 0 saturated carbocycles. The number of piperidine rings is 1. The van der Waals surface area contributed by atoms with E-state index in [2.05, 4.69) is 27.2 Å². The molecule has 1 aliphatic rings. The lowest BCUT2D eigenvalue weighted by molar-refractivity contribution is 0.159. The van der Waals surface area contributed by atoms with Crippen LogP contribution in [-0.2, 0) is 11.3 Å². The predicted molar refractivity (Wildman–Crippen MR) is 82.2 cm³/mol. The molecule has 0 spiro atoms. The molecule has 0 aliphatic carbocycles. The summed E-state index contributed by atoms with van der Waals surface area (Å²) in [5.41, 5.74) is 1.29. The Labute approximate surface area is 130 Å². The van der Waals surface area contributed by atoms with Crippen LogP contribution < -0.4 is 9.64 Å². The van der Waals surface area contributed by atoms with Crippen molar-refractivity contribution >= 4 is 6.01 Å². The van der Waals surface area contributed by atoms with Crippen molar-refractivity contribution in [3.63, 3.8) is 0 Å². The molecule has 0 amide bonds. The number of aromatic nitrogens is 2. The second-order valence-electron chi connectivity index (χ2n) is 5.41. The van der Waals surface area contributed by atoms with Crippen LogP contribution in [0, 0.1) is 0 Å². The van der Waals surface area contributed by atoms with Crippen molar-refractivity contribution < 1.29 is 13.9 Å². The summed E-state index contributed by atoms with van der Waals surface area (Å²) in [7, 11) is 3.34. The molecule has 1 saturated heterocycles. The molecule has 2 aromatic rings. The normalized spacial score (nSPS) is 16.0. The van der Waals surface area contributed by atoms with Crippen LogP contribution >= 0.6 is 0 Å². The molecule has 118 valence electrons. The van der Waals surface area contributed by atoms with Gasteiger partial charge in [0.2, 0.25) is 5.89 Å². The average Bonchev–Trinajstić information content (AvgIpc) is 3.04. The highest BCUT2D eigenvalue weighted by Gasteiger charge is 2.25. The van der Waals surface area contributed by atoms with Crippen molar-refractivity contribution in [2.45, 2.75) is 25.4 Å². The van der Waals surface area contributed by atoms with Crippen LogP contribution in [0.25, 0.3) is 0 Å². The van der Waals surface area contributed by atoms with Crippen LogP contribution in [0.3, 0.4) is 0 Å². The predicted octanol–water partition coefficient (Wildman–Crippen LogP) is 2.61. The molecule has 0 bridgehead atoms. The molecule has 0 atom stereocenters. The van der Waals surface area contributed by atoms with Gasteiger partial charge in [0.05, 0.1) is 7.11 Å². The molecular weight excluding hydrogens is 282 g/mol. The summed E-state index contributed by atoms with van der Waals surface area (Å²) in [6, 6.07) is 8.84. The molecular formula is C16H21N3O3. The Morgan fingerprint density at radius 2 is 1.95 bits per heavy atom. The van der Waals surface area contributed by atoms with E-state index in [9.17, 15) is 0 Å². The van der Waals surface area contributed by atoms with Crippen LogP contribution in [0.5, 0.6) is 5.75 Å². The molecule has 1 fully saturated rings. The third-order valence-corrected chi connectivity index (χ3v) is 4.07. The number of anilines is 1. The maximum absolute atomic E-state index is 5.60. The summed E-state index contributed by atoms with van der Waals surface area (Å²) < 4.78 is 16.1. The SMILES string of the molecule is COCc1nnc(N2CCC(c3ccccc3OC)CC2)o1. The summed E-state index contributed by atoms with van der Waals surface area (Å²) in [5, 5.41) is 8.08. The summed E-state index contributed by atoms with van der Waals surface area (Å²) >= 11 is 0. The van der Waals surface area contributed by atoms with Crippen molar-refractivity contribution in [1.29, 1.82) is 0 Å². The van der Waals surface area contributed by atoms with Gasteiger partial charge in [0.25, 0.3) is 0 Å². The van der Waals surface area contributed by atoms with Gasteiger partial charge in [-0.2, -0.15) is 0 Å². The molecule has 1 aromatic heterocycles. The van der Waals surface area contributed by atoms with Crippen LogP contribution in [0.1, 0.15) is 30.2 Å². The van der Waals surface area contributed by atoms with E-state index in [1.165, 1.54) is 5.56 Å². The highest BCUT2D eigenvalue weighted by Crippen LogP contribution is 2.34. The lowest BCUT2D eigenvalue weighted by Crippen LogP contribution is -2.33. The highest BCUT2D eigenvalue weighted by molar-refractivity contribution is 5.37. The minimum absolute atomic E-state index is 0.352. The Balaban J connectivity index is 1.64. The fourth-order valence-corrected chi connectivity index (χ4v) is 2.94. The third kappa shape index (κ3) is 3.06. The van der Waals surface area contributed by atoms with Gasteiger partial charge < -0.3 is 18.8 Å². The van der Waals surface area contributed by atoms with Gasteiger partial charge >= 0.3 is 6.01 Å². The Kier molecular flexibility index (Phi) is 4.58. The fourth-order valence-electron chi connectivity index (χ4n) is 2.94. The summed E-state index contributed by atoms with van der Waals surface area (Å²) in [5.74, 6) is 2.00. The van der Waals surface area contributed by atoms with Gasteiger partial charge in [0.1, 0.15) is 12.4 Å². The van der Waals surface area contributed by atoms with Crippen LogP contribution in [-0.4, -0.2) is 37.5 Å². The first kappa shape index (κ1) is 14.8. The monoisotopic (exact) mass is 303 g/mol. The molecule has 22 heavy (non-hydrogen) atoms. The zero-order chi connectivity index (χ0) is 15.4. The number of ether oxygens (including phenoxy) is 2. The quantitative estimate of drug-likeness (QED) is 0.846. The second-order valence-corrected chi connectivity index (χ2v) is 5.41. The topological polar surface area (TPSA) is 60.6 Å². The first-order valence-electron chi connectivity index (χ1n) is 7.51. The van der Waals surface area contributed by atoms with Crippen molar-refractivity contribution in [3.05, 3.63) is 35.7 Å². The first-order valence-corrected chi connectivity index (χ1v) is 7.51. The van der Waals surface area contributed by atoms with E-state index in [0.29, 0.717) is 24.4 Å². The van der Waals surface area contributed by atoms with Gasteiger partial charge in [-0.1, -0.05) is 23.3 Å². The Morgan fingerprint density at radius 3 is 2.68 bits per heavy atom. The van der Waals surface area contributed by atoms with E-state index >= 15 is 0 Å². The van der Waals surface area contributed by atoms with Crippen molar-refractivity contribution in [2.75, 3.05) is 32.2 Å². The summed E-state index contributed by atoms with van der Waals surface area (Å²) in [4.78, 5) is 2.14. The third-order valence-electron chi connectivity index (χ3n) is 4.07. The smallest absolute Gasteiger partial charge is 0.318 e. The Hall–Kier alpha value is -2.08. The maximum atomic E-state index is 5.60. The van der Waals surface area contributed by atoms with E-state index < -0.39 is 0 Å². The largest absolute Gasteiger partial charge is 0.496 e. The fraction of sp³-hybridized carbons (Fsp3) is 0.500. The van der Waals surface area contributed by atoms with Crippen LogP contribution in [0.15, 0.2) is 28.7 Å². The van der Waals surface area contributed by atoms with Gasteiger partial charge in [-0.25, -0.2) is 0 Å². The number of nitrogens with zero attached hydrogens (tertiary/aromatic N) is 3. The van der Waals surface area contributed by atoms with E-state index in [1.807, 2.05) is 12.1 Å². The molecule has 6 heteroatoms. The van der Waals surface area contributed by atoms with Crippen molar-refractivity contribution in [1.82, 2.24) is 10.2 Å². The standard InChI is InChI=1S/C16H21N3O3/c1-20-11-15-17-18-16(22-15)19-9-7-12(8-10-19)13-5-3-4-6-14(13)21-2/h3-6,12H,7-11H2,1-2H3. The lowest BCUT2D eigenvalue weighted by atomic mass is 9.89. The Morgan fingerprint density at radius 1 is 1.18 bits per heavy atom. The van der Waals surface area contributed by atoms with E-state index in [1.54, 1.807) is 14.2 Å². The lowest BCUT2D eigenvalue weighted by Gasteiger charge is -2.31. The molecule has 0 unspecified atom stereocenters. The second kappa shape index (κ2) is 6.79. The minimum Gasteiger partial charge on any atom is -0.496 e. The molecule has 6 nitrogen and oxygen atoms in total. The van der Waals surface area contributed by atoms with Gasteiger partial charge in [-0.05, 0) is 30.4 Å². The van der Waals surface area contributed by atoms with E-state index in [4.69, 9.17) is 13.9 Å². The first-order chi connectivity index (χ1) is 10.8. The molecule has 1 aliphatic heterocycles. The Bertz CT molecular complexity index is 606. The van der Waals surface area contributed by atoms with Crippen LogP contribution in [0.4, 0.5) is 6.01 Å². The molecule has 1 aromatic carbocycles. The molecule has 0 radical (unpaired) electrons. The van der Waals surface area contributed by atoms with Gasteiger partial charge in [0.15, 0.2) is 0 Å². The molecule has 3 rings (SSSR count). The molecule has 0 N–H and O–H groups in total. The van der Waals surface area contributed by atoms with Gasteiger partial charge in [-0.15, -0.1) is 5.10 Å². The number of para-hydroxylation sites is 1. The van der Waals surface area contributed by atoms with Gasteiger partial charge in [-0.3, -0.25) is 0 Å². The van der Waals surface area contributed by atoms with Gasteiger partial charge in [0, 0.05) is 20.2 Å². The van der Waals surface area contributed by atoms with Crippen molar-refractivity contribution in [3.8, 4) is 5.75 Å². The summed E-state index contributed by atoms with van der Waals surface area (Å²) in [6.45, 7) is 2.15. The zero-order valence-corrected chi connectivity index (χ0v) is 13.0. The minimum atomic E-state index is 0.352. The number of rotatable bonds is 5. The number of benzene rings is 1. The zero-order valence-electron chi connectivity index (χ0n) is 13.0. The van der Waals surface area contributed by atoms with Crippen molar-refractivity contribution in [2.24, 2.45) is 0 Å². The highest BCUT2D eigenvalue weighted by atomic mass is 16.5. The summed E-state index contributed by atoms with van der Waals surface area (Å²) in [6.07, 6.45) is 2.09. The number of hydrogen-bond acceptors (Lipinski definition) is 6. The van der Waals surface area contributed by atoms with E-state index in [-0.39, 0.29) is 0 Å². The van der Waals surface area contributed by atoms with Crippen LogP contribution in [0.2, 0.25) is 0 Å². The maximum Gasteiger partial charge on any atom is 0.318 e. The molecule has 2 heterocycles. The van der Waals surface area contributed by atoms with E-state index in [0.717, 1.165) is 31.7 Å².